The third-order valence-corrected chi connectivity index (χ3v) is 3.89. The van der Waals surface area contributed by atoms with E-state index in [0.29, 0.717) is 6.54 Å². The zero-order valence-corrected chi connectivity index (χ0v) is 11.3. The molecule has 0 spiro atoms. The first-order valence-corrected chi connectivity index (χ1v) is 7.47. The van der Waals surface area contributed by atoms with Gasteiger partial charge in [0.1, 0.15) is 6.10 Å². The molecule has 0 aromatic rings. The Labute approximate surface area is 110 Å². The predicted octanol–water partition coefficient (Wildman–Crippen LogP) is 1.55. The maximum atomic E-state index is 11.9. The fourth-order valence-electron chi connectivity index (χ4n) is 2.83. The van der Waals surface area contributed by atoms with Crippen LogP contribution in [0.15, 0.2) is 0 Å². The number of ether oxygens (including phenoxy) is 1. The summed E-state index contributed by atoms with van der Waals surface area (Å²) in [6.07, 6.45) is 8.46. The van der Waals surface area contributed by atoms with Gasteiger partial charge in [-0.2, -0.15) is 0 Å². The molecule has 1 N–H and O–H groups in total. The quantitative estimate of drug-likeness (QED) is 0.613. The zero-order chi connectivity index (χ0) is 12.6. The number of esters is 1. The summed E-state index contributed by atoms with van der Waals surface area (Å²) in [6, 6.07) is 0. The van der Waals surface area contributed by atoms with Crippen LogP contribution in [0.1, 0.15) is 44.9 Å². The second-order valence-electron chi connectivity index (χ2n) is 5.48. The molecule has 1 heterocycles. The lowest BCUT2D eigenvalue weighted by Crippen LogP contribution is -2.35. The van der Waals surface area contributed by atoms with Crippen molar-refractivity contribution in [2.24, 2.45) is 0 Å². The Morgan fingerprint density at radius 2 is 1.83 bits per heavy atom. The van der Waals surface area contributed by atoms with Crippen LogP contribution in [-0.4, -0.2) is 49.7 Å². The van der Waals surface area contributed by atoms with Crippen molar-refractivity contribution in [2.45, 2.75) is 51.0 Å². The topological polar surface area (TPSA) is 41.6 Å². The van der Waals surface area contributed by atoms with E-state index in [1.165, 1.54) is 25.7 Å². The molecule has 1 aliphatic carbocycles. The van der Waals surface area contributed by atoms with Gasteiger partial charge in [0.15, 0.2) is 0 Å². The monoisotopic (exact) mass is 254 g/mol. The van der Waals surface area contributed by atoms with E-state index in [1.54, 1.807) is 0 Å². The Bertz CT molecular complexity index is 218. The fourth-order valence-corrected chi connectivity index (χ4v) is 2.83. The molecule has 0 aromatic carbocycles. The molecule has 1 saturated carbocycles. The maximum absolute atomic E-state index is 11.9. The summed E-state index contributed by atoms with van der Waals surface area (Å²) in [4.78, 5) is 14.1. The van der Waals surface area contributed by atoms with Crippen LogP contribution in [0.25, 0.3) is 0 Å². The summed E-state index contributed by atoms with van der Waals surface area (Å²) in [5.41, 5.74) is 0. The van der Waals surface area contributed by atoms with Crippen molar-refractivity contribution in [1.82, 2.24) is 10.2 Å². The number of rotatable bonds is 3. The van der Waals surface area contributed by atoms with Crippen LogP contribution in [0.5, 0.6) is 0 Å². The number of carbonyl (C=O) groups is 1. The van der Waals surface area contributed by atoms with E-state index in [9.17, 15) is 4.79 Å². The van der Waals surface area contributed by atoms with Crippen molar-refractivity contribution in [1.29, 1.82) is 0 Å². The van der Waals surface area contributed by atoms with E-state index in [0.717, 1.165) is 45.4 Å². The summed E-state index contributed by atoms with van der Waals surface area (Å²) < 4.78 is 5.61. The van der Waals surface area contributed by atoms with Gasteiger partial charge in [-0.05, 0) is 45.2 Å². The van der Waals surface area contributed by atoms with Crippen LogP contribution >= 0.6 is 0 Å². The first-order chi connectivity index (χ1) is 8.84. The molecule has 1 saturated heterocycles. The lowest BCUT2D eigenvalue weighted by molar-refractivity contribution is -0.150. The molecule has 18 heavy (non-hydrogen) atoms. The van der Waals surface area contributed by atoms with E-state index in [4.69, 9.17) is 4.74 Å². The summed E-state index contributed by atoms with van der Waals surface area (Å²) in [5, 5.41) is 3.35. The van der Waals surface area contributed by atoms with Gasteiger partial charge in [-0.1, -0.05) is 12.8 Å². The average molecular weight is 254 g/mol. The molecule has 104 valence electrons. The smallest absolute Gasteiger partial charge is 0.320 e. The second-order valence-corrected chi connectivity index (χ2v) is 5.48. The minimum absolute atomic E-state index is 0.0243. The van der Waals surface area contributed by atoms with Gasteiger partial charge in [0.05, 0.1) is 6.54 Å². The van der Waals surface area contributed by atoms with Crippen molar-refractivity contribution in [3.63, 3.8) is 0 Å². The van der Waals surface area contributed by atoms with Crippen molar-refractivity contribution in [3.8, 4) is 0 Å². The molecule has 2 rings (SSSR count). The van der Waals surface area contributed by atoms with Crippen molar-refractivity contribution in [3.05, 3.63) is 0 Å². The lowest BCUT2D eigenvalue weighted by Gasteiger charge is -2.21. The highest BCUT2D eigenvalue weighted by Gasteiger charge is 2.19. The Morgan fingerprint density at radius 1 is 1.06 bits per heavy atom. The molecule has 0 amide bonds. The molecular weight excluding hydrogens is 228 g/mol. The number of nitrogens with zero attached hydrogens (tertiary/aromatic N) is 1. The van der Waals surface area contributed by atoms with Crippen LogP contribution in [0.4, 0.5) is 0 Å². The minimum atomic E-state index is -0.0243. The van der Waals surface area contributed by atoms with Crippen LogP contribution in [-0.2, 0) is 9.53 Å². The molecule has 1 aliphatic heterocycles. The number of hydrogen-bond acceptors (Lipinski definition) is 4. The Morgan fingerprint density at radius 3 is 2.61 bits per heavy atom. The van der Waals surface area contributed by atoms with E-state index in [-0.39, 0.29) is 12.1 Å². The molecular formula is C14H26N2O2. The van der Waals surface area contributed by atoms with Gasteiger partial charge in [0.25, 0.3) is 0 Å². The van der Waals surface area contributed by atoms with Gasteiger partial charge in [-0.15, -0.1) is 0 Å². The van der Waals surface area contributed by atoms with Crippen molar-refractivity contribution in [2.75, 3.05) is 32.7 Å². The minimum Gasteiger partial charge on any atom is -0.461 e. The summed E-state index contributed by atoms with van der Waals surface area (Å²) >= 11 is 0. The van der Waals surface area contributed by atoms with Gasteiger partial charge in [0, 0.05) is 13.1 Å². The first kappa shape index (κ1) is 13.8. The fraction of sp³-hybridized carbons (Fsp3) is 0.929. The van der Waals surface area contributed by atoms with Gasteiger partial charge in [-0.25, -0.2) is 0 Å². The Hall–Kier alpha value is -0.610. The number of carbonyl (C=O) groups excluding carboxylic acids is 1. The van der Waals surface area contributed by atoms with Gasteiger partial charge < -0.3 is 10.1 Å². The molecule has 4 heteroatoms. The molecule has 0 unspecified atom stereocenters. The lowest BCUT2D eigenvalue weighted by atomic mass is 10.1. The third kappa shape index (κ3) is 4.94. The van der Waals surface area contributed by atoms with Gasteiger partial charge in [0.2, 0.25) is 0 Å². The molecule has 0 atom stereocenters. The number of hydrogen-bond donors (Lipinski definition) is 1. The highest BCUT2D eigenvalue weighted by atomic mass is 16.5. The van der Waals surface area contributed by atoms with Crippen LogP contribution in [0.3, 0.4) is 0 Å². The summed E-state index contributed by atoms with van der Waals surface area (Å²) in [6.45, 7) is 4.48. The largest absolute Gasteiger partial charge is 0.461 e. The van der Waals surface area contributed by atoms with Crippen LogP contribution in [0, 0.1) is 0 Å². The normalized spacial score (nSPS) is 24.2. The molecule has 2 aliphatic rings. The maximum Gasteiger partial charge on any atom is 0.320 e. The van der Waals surface area contributed by atoms with Crippen molar-refractivity contribution < 1.29 is 9.53 Å². The van der Waals surface area contributed by atoms with E-state index in [1.807, 2.05) is 0 Å². The average Bonchev–Trinajstić information content (AvgIpc) is 2.74. The third-order valence-electron chi connectivity index (χ3n) is 3.89. The van der Waals surface area contributed by atoms with E-state index in [2.05, 4.69) is 10.2 Å². The summed E-state index contributed by atoms with van der Waals surface area (Å²) in [7, 11) is 0. The molecule has 0 aromatic heterocycles. The van der Waals surface area contributed by atoms with Gasteiger partial charge in [-0.3, -0.25) is 9.69 Å². The highest BCUT2D eigenvalue weighted by molar-refractivity contribution is 5.71. The first-order valence-electron chi connectivity index (χ1n) is 7.47. The zero-order valence-electron chi connectivity index (χ0n) is 11.3. The molecule has 4 nitrogen and oxygen atoms in total. The SMILES string of the molecule is O=C(CN1CCCNCC1)OC1CCCCCC1. The second kappa shape index (κ2) is 7.74. The molecule has 0 radical (unpaired) electrons. The standard InChI is InChI=1S/C14H26N2O2/c17-14(12-16-10-5-8-15-9-11-16)18-13-6-3-1-2-4-7-13/h13,15H,1-12H2. The Kier molecular flexibility index (Phi) is 5.94. The number of nitrogens with one attached hydrogen (secondary N) is 1. The predicted molar refractivity (Wildman–Crippen MR) is 71.5 cm³/mol. The highest BCUT2D eigenvalue weighted by Crippen LogP contribution is 2.19. The summed E-state index contributed by atoms with van der Waals surface area (Å²) in [5.74, 6) is -0.0243. The van der Waals surface area contributed by atoms with Gasteiger partial charge >= 0.3 is 5.97 Å². The Balaban J connectivity index is 1.69. The van der Waals surface area contributed by atoms with E-state index < -0.39 is 0 Å². The van der Waals surface area contributed by atoms with Crippen molar-refractivity contribution >= 4 is 5.97 Å². The van der Waals surface area contributed by atoms with E-state index >= 15 is 0 Å². The molecule has 2 fully saturated rings. The van der Waals surface area contributed by atoms with Crippen LogP contribution < -0.4 is 5.32 Å². The molecule has 0 bridgehead atoms. The van der Waals surface area contributed by atoms with Crippen LogP contribution in [0.2, 0.25) is 0 Å².